The van der Waals surface area contributed by atoms with Gasteiger partial charge in [0, 0.05) is 19.3 Å². The van der Waals surface area contributed by atoms with Crippen LogP contribution in [0.5, 0.6) is 0 Å². The molecule has 1 atom stereocenters. The molecule has 288 valence electrons. The van der Waals surface area contributed by atoms with Crippen LogP contribution in [0.4, 0.5) is 0 Å². The van der Waals surface area contributed by atoms with Crippen molar-refractivity contribution in [2.24, 2.45) is 0 Å². The van der Waals surface area contributed by atoms with E-state index in [0.29, 0.717) is 19.3 Å². The number of ether oxygens (including phenoxy) is 3. The van der Waals surface area contributed by atoms with Crippen LogP contribution in [-0.2, 0) is 28.6 Å². The van der Waals surface area contributed by atoms with Gasteiger partial charge >= 0.3 is 17.9 Å². The lowest BCUT2D eigenvalue weighted by molar-refractivity contribution is -0.167. The fraction of sp³-hybridized carbons (Fsp3) is 0.750. The largest absolute Gasteiger partial charge is 0.462 e. The summed E-state index contributed by atoms with van der Waals surface area (Å²) in [4.78, 5) is 37.4. The van der Waals surface area contributed by atoms with Gasteiger partial charge in [-0.2, -0.15) is 0 Å². The van der Waals surface area contributed by atoms with E-state index in [0.717, 1.165) is 116 Å². The predicted octanol–water partition coefficient (Wildman–Crippen LogP) is 12.8. The number of unbranched alkanes of at least 4 members (excludes halogenated alkanes) is 17. The third-order valence-electron chi connectivity index (χ3n) is 8.52. The summed E-state index contributed by atoms with van der Waals surface area (Å²) < 4.78 is 16.5. The van der Waals surface area contributed by atoms with Crippen LogP contribution in [0.2, 0.25) is 0 Å². The maximum Gasteiger partial charge on any atom is 0.306 e. The van der Waals surface area contributed by atoms with Crippen molar-refractivity contribution in [3.63, 3.8) is 0 Å². The highest BCUT2D eigenvalue weighted by molar-refractivity contribution is 5.71. The van der Waals surface area contributed by atoms with E-state index in [-0.39, 0.29) is 31.1 Å². The second-order valence-electron chi connectivity index (χ2n) is 13.5. The zero-order valence-corrected chi connectivity index (χ0v) is 32.7. The molecular weight excluding hydrogens is 624 g/mol. The van der Waals surface area contributed by atoms with Crippen molar-refractivity contribution in [2.45, 2.75) is 200 Å². The third-order valence-corrected chi connectivity index (χ3v) is 8.52. The number of hydrogen-bond donors (Lipinski definition) is 0. The van der Waals surface area contributed by atoms with Crippen molar-refractivity contribution in [1.82, 2.24) is 0 Å². The van der Waals surface area contributed by atoms with E-state index in [1.807, 2.05) is 0 Å². The molecule has 6 heteroatoms. The molecule has 0 aromatic heterocycles. The molecule has 1 unspecified atom stereocenters. The summed E-state index contributed by atoms with van der Waals surface area (Å²) in [5.41, 5.74) is 0. The topological polar surface area (TPSA) is 78.9 Å². The van der Waals surface area contributed by atoms with Crippen LogP contribution in [0.3, 0.4) is 0 Å². The first-order chi connectivity index (χ1) is 24.5. The van der Waals surface area contributed by atoms with Gasteiger partial charge in [-0.15, -0.1) is 0 Å². The number of carbonyl (C=O) groups is 3. The quantitative estimate of drug-likeness (QED) is 0.0280. The van der Waals surface area contributed by atoms with Crippen LogP contribution >= 0.6 is 0 Å². The van der Waals surface area contributed by atoms with E-state index in [1.54, 1.807) is 0 Å². The summed E-state index contributed by atoms with van der Waals surface area (Å²) in [5, 5.41) is 0. The van der Waals surface area contributed by atoms with Crippen molar-refractivity contribution >= 4 is 17.9 Å². The molecule has 0 radical (unpaired) electrons. The monoisotopic (exact) mass is 701 g/mol. The first-order valence-electron chi connectivity index (χ1n) is 20.6. The van der Waals surface area contributed by atoms with Gasteiger partial charge in [-0.25, -0.2) is 0 Å². The van der Waals surface area contributed by atoms with Crippen molar-refractivity contribution in [3.05, 3.63) is 48.6 Å². The smallest absolute Gasteiger partial charge is 0.306 e. The van der Waals surface area contributed by atoms with Crippen LogP contribution in [0.15, 0.2) is 48.6 Å². The minimum Gasteiger partial charge on any atom is -0.462 e. The van der Waals surface area contributed by atoms with Crippen LogP contribution in [0.1, 0.15) is 194 Å². The average Bonchev–Trinajstić information content (AvgIpc) is 3.11. The van der Waals surface area contributed by atoms with E-state index < -0.39 is 6.10 Å². The number of hydrogen-bond acceptors (Lipinski definition) is 6. The van der Waals surface area contributed by atoms with Crippen molar-refractivity contribution < 1.29 is 28.6 Å². The Hall–Kier alpha value is -2.63. The Morgan fingerprint density at radius 2 is 0.760 bits per heavy atom. The summed E-state index contributed by atoms with van der Waals surface area (Å²) in [5.74, 6) is -0.929. The lowest BCUT2D eigenvalue weighted by Gasteiger charge is -2.18. The molecule has 0 aliphatic carbocycles. The molecule has 0 saturated carbocycles. The molecule has 0 amide bonds. The first-order valence-corrected chi connectivity index (χ1v) is 20.6. The van der Waals surface area contributed by atoms with Crippen molar-refractivity contribution in [2.75, 3.05) is 13.2 Å². The SMILES string of the molecule is CCC/C=C\C/C=C\CCCCCCCC(=O)OCC(COC(=O)CCCCCCCC)OC(=O)CCCCCCC/C=C\C/C=C\CCC. The molecule has 50 heavy (non-hydrogen) atoms. The van der Waals surface area contributed by atoms with Gasteiger partial charge in [0.1, 0.15) is 13.2 Å². The Kier molecular flexibility index (Phi) is 37.1. The van der Waals surface area contributed by atoms with Crippen LogP contribution in [0, 0.1) is 0 Å². The molecule has 6 nitrogen and oxygen atoms in total. The van der Waals surface area contributed by atoms with Gasteiger partial charge in [0.2, 0.25) is 0 Å². The second-order valence-corrected chi connectivity index (χ2v) is 13.5. The highest BCUT2D eigenvalue weighted by Crippen LogP contribution is 2.12. The number of carbonyl (C=O) groups excluding carboxylic acids is 3. The number of esters is 3. The normalized spacial score (nSPS) is 12.5. The third kappa shape index (κ3) is 36.6. The van der Waals surface area contributed by atoms with Crippen molar-refractivity contribution in [1.29, 1.82) is 0 Å². The van der Waals surface area contributed by atoms with E-state index in [4.69, 9.17) is 14.2 Å². The Labute approximate surface area is 307 Å². The van der Waals surface area contributed by atoms with Crippen LogP contribution in [-0.4, -0.2) is 37.2 Å². The summed E-state index contributed by atoms with van der Waals surface area (Å²) in [7, 11) is 0. The molecule has 0 aromatic rings. The predicted molar refractivity (Wildman–Crippen MR) is 210 cm³/mol. The average molecular weight is 701 g/mol. The molecule has 0 aliphatic rings. The van der Waals surface area contributed by atoms with Gasteiger partial charge in [0.05, 0.1) is 0 Å². The van der Waals surface area contributed by atoms with E-state index in [2.05, 4.69) is 69.4 Å². The fourth-order valence-electron chi connectivity index (χ4n) is 5.40. The van der Waals surface area contributed by atoms with Gasteiger partial charge in [0.25, 0.3) is 0 Å². The van der Waals surface area contributed by atoms with E-state index >= 15 is 0 Å². The molecular formula is C44H76O6. The highest BCUT2D eigenvalue weighted by Gasteiger charge is 2.19. The molecule has 0 spiro atoms. The van der Waals surface area contributed by atoms with Gasteiger partial charge in [-0.1, -0.05) is 153 Å². The van der Waals surface area contributed by atoms with Gasteiger partial charge in [0.15, 0.2) is 6.10 Å². The van der Waals surface area contributed by atoms with Gasteiger partial charge < -0.3 is 14.2 Å². The summed E-state index contributed by atoms with van der Waals surface area (Å²) in [6.45, 7) is 6.40. The van der Waals surface area contributed by atoms with Crippen molar-refractivity contribution in [3.8, 4) is 0 Å². The Bertz CT molecular complexity index is 902. The minimum absolute atomic E-state index is 0.0843. The van der Waals surface area contributed by atoms with Gasteiger partial charge in [-0.3, -0.25) is 14.4 Å². The Morgan fingerprint density at radius 3 is 1.18 bits per heavy atom. The number of rotatable bonds is 36. The maximum absolute atomic E-state index is 12.6. The first kappa shape index (κ1) is 47.4. The summed E-state index contributed by atoms with van der Waals surface area (Å²) in [6, 6.07) is 0. The standard InChI is InChI=1S/C44H76O6/c1-4-7-10-13-16-18-20-22-24-26-28-31-34-37-43(46)49-40-41(39-48-42(45)36-33-30-15-12-9-6-3)50-44(47)38-35-32-29-27-25-23-21-19-17-14-11-8-5-2/h10-11,13-14,18-21,41H,4-9,12,15-17,22-40H2,1-3H3/b13-10-,14-11-,20-18-,21-19-. The van der Waals surface area contributed by atoms with E-state index in [9.17, 15) is 14.4 Å². The zero-order chi connectivity index (χ0) is 36.6. The molecule has 0 N–H and O–H groups in total. The summed E-state index contributed by atoms with van der Waals surface area (Å²) >= 11 is 0. The molecule has 0 fully saturated rings. The fourth-order valence-corrected chi connectivity index (χ4v) is 5.40. The lowest BCUT2D eigenvalue weighted by atomic mass is 10.1. The number of allylic oxidation sites excluding steroid dienone is 8. The van der Waals surface area contributed by atoms with E-state index in [1.165, 1.54) is 38.5 Å². The molecule has 0 rings (SSSR count). The Morgan fingerprint density at radius 1 is 0.400 bits per heavy atom. The second kappa shape index (κ2) is 39.2. The van der Waals surface area contributed by atoms with Crippen LogP contribution < -0.4 is 0 Å². The van der Waals surface area contributed by atoms with Gasteiger partial charge in [-0.05, 0) is 70.6 Å². The highest BCUT2D eigenvalue weighted by atomic mass is 16.6. The lowest BCUT2D eigenvalue weighted by Crippen LogP contribution is -2.30. The molecule has 0 aromatic carbocycles. The molecule has 0 saturated heterocycles. The van der Waals surface area contributed by atoms with Crippen LogP contribution in [0.25, 0.3) is 0 Å². The molecule has 0 aliphatic heterocycles. The maximum atomic E-state index is 12.6. The molecule has 0 bridgehead atoms. The zero-order valence-electron chi connectivity index (χ0n) is 32.7. The Balaban J connectivity index is 4.36. The molecule has 0 heterocycles. The summed E-state index contributed by atoms with van der Waals surface area (Å²) in [6.07, 6.45) is 43.9. The minimum atomic E-state index is -0.779.